The Hall–Kier alpha value is -1.02. The minimum atomic E-state index is -5.66. The van der Waals surface area contributed by atoms with E-state index in [1.807, 2.05) is 0 Å². The molecule has 2 N–H and O–H groups in total. The number of hydrogen-bond donors (Lipinski definition) is 1. The Balaban J connectivity index is 3.19. The molecule has 19 heavy (non-hydrogen) atoms. The molecule has 0 aromatic heterocycles. The van der Waals surface area contributed by atoms with Crippen molar-refractivity contribution in [1.29, 1.82) is 0 Å². The van der Waals surface area contributed by atoms with E-state index in [2.05, 4.69) is 4.74 Å². The summed E-state index contributed by atoms with van der Waals surface area (Å²) in [6, 6.07) is 1.85. The van der Waals surface area contributed by atoms with Gasteiger partial charge in [0.05, 0.1) is 10.0 Å². The maximum Gasteiger partial charge on any atom is 0.434 e. The summed E-state index contributed by atoms with van der Waals surface area (Å²) in [5.41, 5.74) is 5.23. The van der Waals surface area contributed by atoms with Gasteiger partial charge in [-0.25, -0.2) is 0 Å². The van der Waals surface area contributed by atoms with Gasteiger partial charge in [0.1, 0.15) is 0 Å². The number of benzene rings is 1. The predicted octanol–water partition coefficient (Wildman–Crippen LogP) is 4.45. The smallest absolute Gasteiger partial charge is 0.434 e. The van der Waals surface area contributed by atoms with Gasteiger partial charge < -0.3 is 10.5 Å². The molecule has 1 aromatic carbocycles. The Labute approximate surface area is 113 Å². The van der Waals surface area contributed by atoms with E-state index in [4.69, 9.17) is 28.9 Å². The monoisotopic (exact) mass is 327 g/mol. The standard InChI is InChI=1S/C9H5Cl2F6NO/c10-4-1-3(18)2-5(11)6(4)19-7(8(12,13)14)9(15,16)17/h1-2,7H,18H2. The van der Waals surface area contributed by atoms with Gasteiger partial charge >= 0.3 is 12.4 Å². The normalized spacial score (nSPS) is 12.9. The molecule has 0 aliphatic heterocycles. The first-order valence-corrected chi connectivity index (χ1v) is 5.23. The third-order valence-electron chi connectivity index (χ3n) is 1.85. The fraction of sp³-hybridized carbons (Fsp3) is 0.333. The second kappa shape index (κ2) is 5.16. The van der Waals surface area contributed by atoms with Crippen molar-refractivity contribution >= 4 is 28.9 Å². The van der Waals surface area contributed by atoms with Gasteiger partial charge in [-0.05, 0) is 12.1 Å². The fourth-order valence-electron chi connectivity index (χ4n) is 1.13. The van der Waals surface area contributed by atoms with E-state index in [0.717, 1.165) is 12.1 Å². The SMILES string of the molecule is Nc1cc(Cl)c(OC(C(F)(F)F)C(F)(F)F)c(Cl)c1. The lowest BCUT2D eigenvalue weighted by atomic mass is 10.3. The van der Waals surface area contributed by atoms with Crippen molar-refractivity contribution in [2.24, 2.45) is 0 Å². The Kier molecular flexibility index (Phi) is 4.36. The van der Waals surface area contributed by atoms with Crippen LogP contribution in [0.5, 0.6) is 5.75 Å². The van der Waals surface area contributed by atoms with Gasteiger partial charge in [-0.2, -0.15) is 26.3 Å². The van der Waals surface area contributed by atoms with Gasteiger partial charge in [-0.15, -0.1) is 0 Å². The maximum atomic E-state index is 12.3. The molecule has 0 radical (unpaired) electrons. The molecule has 10 heteroatoms. The largest absolute Gasteiger partial charge is 0.468 e. The number of ether oxygens (including phenoxy) is 1. The second-order valence-corrected chi connectivity index (χ2v) is 4.21. The number of nitrogen functional groups attached to an aromatic ring is 1. The van der Waals surface area contributed by atoms with Crippen LogP contribution in [0.3, 0.4) is 0 Å². The second-order valence-electron chi connectivity index (χ2n) is 3.39. The lowest BCUT2D eigenvalue weighted by molar-refractivity contribution is -0.299. The average Bonchev–Trinajstić information content (AvgIpc) is 2.11. The molecule has 1 rings (SSSR count). The summed E-state index contributed by atoms with van der Waals surface area (Å²) in [6.07, 6.45) is -15.3. The van der Waals surface area contributed by atoms with Gasteiger partial charge in [-0.3, -0.25) is 0 Å². The third-order valence-corrected chi connectivity index (χ3v) is 2.41. The molecule has 0 saturated heterocycles. The quantitative estimate of drug-likeness (QED) is 0.643. The van der Waals surface area contributed by atoms with Crippen LogP contribution in [0.25, 0.3) is 0 Å². The van der Waals surface area contributed by atoms with Crippen LogP contribution < -0.4 is 10.5 Å². The lowest BCUT2D eigenvalue weighted by Gasteiger charge is -2.24. The zero-order chi connectivity index (χ0) is 15.0. The minimum Gasteiger partial charge on any atom is -0.468 e. The average molecular weight is 328 g/mol. The molecule has 0 fully saturated rings. The molecule has 0 unspecified atom stereocenters. The molecule has 108 valence electrons. The van der Waals surface area contributed by atoms with Crippen molar-refractivity contribution < 1.29 is 31.1 Å². The van der Waals surface area contributed by atoms with Gasteiger partial charge in [0.2, 0.25) is 0 Å². The highest BCUT2D eigenvalue weighted by atomic mass is 35.5. The number of anilines is 1. The highest BCUT2D eigenvalue weighted by Gasteiger charge is 2.59. The Bertz CT molecular complexity index is 436. The van der Waals surface area contributed by atoms with E-state index in [-0.39, 0.29) is 5.69 Å². The van der Waals surface area contributed by atoms with E-state index < -0.39 is 34.3 Å². The molecular weight excluding hydrogens is 323 g/mol. The van der Waals surface area contributed by atoms with Crippen LogP contribution in [0.4, 0.5) is 32.0 Å². The Morgan fingerprint density at radius 3 is 1.63 bits per heavy atom. The molecule has 0 heterocycles. The molecular formula is C9H5Cl2F6NO. The zero-order valence-corrected chi connectivity index (χ0v) is 10.3. The van der Waals surface area contributed by atoms with Crippen LogP contribution in [0, 0.1) is 0 Å². The van der Waals surface area contributed by atoms with Gasteiger partial charge in [0.25, 0.3) is 6.10 Å². The third kappa shape index (κ3) is 3.97. The highest BCUT2D eigenvalue weighted by Crippen LogP contribution is 2.41. The summed E-state index contributed by atoms with van der Waals surface area (Å²) in [7, 11) is 0. The highest BCUT2D eigenvalue weighted by molar-refractivity contribution is 6.37. The molecule has 0 amide bonds. The minimum absolute atomic E-state index is 0.0297. The molecule has 2 nitrogen and oxygen atoms in total. The van der Waals surface area contributed by atoms with E-state index >= 15 is 0 Å². The van der Waals surface area contributed by atoms with Crippen molar-refractivity contribution in [1.82, 2.24) is 0 Å². The van der Waals surface area contributed by atoms with Crippen LogP contribution in [-0.2, 0) is 0 Å². The maximum absolute atomic E-state index is 12.3. The van der Waals surface area contributed by atoms with Crippen molar-refractivity contribution in [3.8, 4) is 5.75 Å². The van der Waals surface area contributed by atoms with Gasteiger partial charge in [-0.1, -0.05) is 23.2 Å². The molecule has 1 aromatic rings. The van der Waals surface area contributed by atoms with Crippen molar-refractivity contribution in [2.75, 3.05) is 5.73 Å². The number of halogens is 8. The Morgan fingerprint density at radius 2 is 1.32 bits per heavy atom. The summed E-state index contributed by atoms with van der Waals surface area (Å²) in [6.45, 7) is 0. The number of hydrogen-bond acceptors (Lipinski definition) is 2. The van der Waals surface area contributed by atoms with Crippen LogP contribution in [0.15, 0.2) is 12.1 Å². The molecule has 0 spiro atoms. The summed E-state index contributed by atoms with van der Waals surface area (Å²) >= 11 is 10.9. The number of nitrogens with two attached hydrogens (primary N) is 1. The topological polar surface area (TPSA) is 35.2 Å². The van der Waals surface area contributed by atoms with Crippen molar-refractivity contribution in [3.63, 3.8) is 0 Å². The molecule has 0 saturated carbocycles. The Morgan fingerprint density at radius 1 is 0.947 bits per heavy atom. The van der Waals surface area contributed by atoms with Gasteiger partial charge in [0.15, 0.2) is 5.75 Å². The molecule has 0 aliphatic carbocycles. The predicted molar refractivity (Wildman–Crippen MR) is 57.4 cm³/mol. The van der Waals surface area contributed by atoms with E-state index in [1.54, 1.807) is 0 Å². The van der Waals surface area contributed by atoms with Crippen LogP contribution in [0.2, 0.25) is 10.0 Å². The van der Waals surface area contributed by atoms with E-state index in [1.165, 1.54) is 0 Å². The first-order valence-electron chi connectivity index (χ1n) is 4.47. The fourth-order valence-corrected chi connectivity index (χ4v) is 1.72. The first-order chi connectivity index (χ1) is 8.43. The van der Waals surface area contributed by atoms with Crippen molar-refractivity contribution in [3.05, 3.63) is 22.2 Å². The van der Waals surface area contributed by atoms with Crippen LogP contribution in [0.1, 0.15) is 0 Å². The summed E-state index contributed by atoms with van der Waals surface area (Å²) in [5, 5.41) is -1.10. The molecule has 0 atom stereocenters. The zero-order valence-electron chi connectivity index (χ0n) is 8.74. The summed E-state index contributed by atoms with van der Waals surface area (Å²) in [5.74, 6) is -0.933. The molecule has 0 bridgehead atoms. The summed E-state index contributed by atoms with van der Waals surface area (Å²) < 4.78 is 77.6. The van der Waals surface area contributed by atoms with Crippen LogP contribution in [-0.4, -0.2) is 18.5 Å². The van der Waals surface area contributed by atoms with Gasteiger partial charge in [0, 0.05) is 5.69 Å². The lowest BCUT2D eigenvalue weighted by Crippen LogP contribution is -2.46. The molecule has 0 aliphatic rings. The summed E-state index contributed by atoms with van der Waals surface area (Å²) in [4.78, 5) is 0. The van der Waals surface area contributed by atoms with Crippen molar-refractivity contribution in [2.45, 2.75) is 18.5 Å². The van der Waals surface area contributed by atoms with E-state index in [9.17, 15) is 26.3 Å². The van der Waals surface area contributed by atoms with Crippen LogP contribution >= 0.6 is 23.2 Å². The van der Waals surface area contributed by atoms with E-state index in [0.29, 0.717) is 0 Å². The first kappa shape index (κ1) is 16.0. The number of alkyl halides is 6. The number of rotatable bonds is 2.